The van der Waals surface area contributed by atoms with Crippen molar-refractivity contribution in [1.29, 1.82) is 0 Å². The van der Waals surface area contributed by atoms with Gasteiger partial charge in [-0.3, -0.25) is 9.52 Å². The van der Waals surface area contributed by atoms with Crippen molar-refractivity contribution in [3.63, 3.8) is 0 Å². The molecule has 0 aliphatic heterocycles. The van der Waals surface area contributed by atoms with E-state index in [4.69, 9.17) is 4.74 Å². The van der Waals surface area contributed by atoms with E-state index < -0.39 is 10.0 Å². The van der Waals surface area contributed by atoms with Gasteiger partial charge in [-0.25, -0.2) is 8.42 Å². The molecule has 6 nitrogen and oxygen atoms in total. The fourth-order valence-corrected chi connectivity index (χ4v) is 4.53. The Kier molecular flexibility index (Phi) is 7.20. The second-order valence-electron chi connectivity index (χ2n) is 7.75. The summed E-state index contributed by atoms with van der Waals surface area (Å²) in [6.07, 6.45) is 0.810. The number of para-hydroxylation sites is 1. The minimum Gasteiger partial charge on any atom is -0.484 e. The first-order valence-electron chi connectivity index (χ1n) is 10.4. The van der Waals surface area contributed by atoms with Gasteiger partial charge in [0.05, 0.1) is 4.90 Å². The van der Waals surface area contributed by atoms with Crippen LogP contribution in [0.1, 0.15) is 29.2 Å². The second kappa shape index (κ2) is 9.87. The highest BCUT2D eigenvalue weighted by Gasteiger charge is 2.15. The number of carbonyl (C=O) groups excluding carboxylic acids is 1. The Balaban J connectivity index is 1.62. The van der Waals surface area contributed by atoms with Gasteiger partial charge in [0.2, 0.25) is 0 Å². The van der Waals surface area contributed by atoms with Crippen LogP contribution in [-0.2, 0) is 21.2 Å². The lowest BCUT2D eigenvalue weighted by Crippen LogP contribution is -2.21. The average Bonchev–Trinajstić information content (AvgIpc) is 2.73. The van der Waals surface area contributed by atoms with E-state index in [1.54, 1.807) is 12.1 Å². The maximum Gasteiger partial charge on any atom is 0.262 e. The van der Waals surface area contributed by atoms with Gasteiger partial charge in [-0.05, 0) is 85.8 Å². The fraction of sp³-hybridized carbons (Fsp3) is 0.240. The summed E-state index contributed by atoms with van der Waals surface area (Å²) in [4.78, 5) is 12.5. The van der Waals surface area contributed by atoms with E-state index in [-0.39, 0.29) is 17.4 Å². The van der Waals surface area contributed by atoms with Gasteiger partial charge in [0.25, 0.3) is 15.9 Å². The Bertz CT molecular complexity index is 1200. The first-order chi connectivity index (χ1) is 15.2. The number of carbonyl (C=O) groups is 1. The molecule has 0 fully saturated rings. The summed E-state index contributed by atoms with van der Waals surface area (Å²) in [7, 11) is -3.73. The number of amides is 1. The zero-order chi connectivity index (χ0) is 23.3. The smallest absolute Gasteiger partial charge is 0.262 e. The third kappa shape index (κ3) is 5.88. The van der Waals surface area contributed by atoms with E-state index in [9.17, 15) is 13.2 Å². The number of ether oxygens (including phenoxy) is 1. The number of rotatable bonds is 8. The lowest BCUT2D eigenvalue weighted by Gasteiger charge is -2.14. The van der Waals surface area contributed by atoms with Crippen LogP contribution in [0.2, 0.25) is 0 Å². The van der Waals surface area contributed by atoms with E-state index in [0.29, 0.717) is 11.4 Å². The molecule has 0 spiro atoms. The van der Waals surface area contributed by atoms with Crippen molar-refractivity contribution in [2.75, 3.05) is 16.6 Å². The van der Waals surface area contributed by atoms with Gasteiger partial charge in [0.15, 0.2) is 6.61 Å². The van der Waals surface area contributed by atoms with Gasteiger partial charge in [-0.1, -0.05) is 31.2 Å². The minimum absolute atomic E-state index is 0.112. The van der Waals surface area contributed by atoms with Crippen molar-refractivity contribution in [3.05, 3.63) is 82.9 Å². The topological polar surface area (TPSA) is 84.5 Å². The van der Waals surface area contributed by atoms with Crippen molar-refractivity contribution in [1.82, 2.24) is 0 Å². The number of hydrogen-bond donors (Lipinski definition) is 2. The number of nitrogens with one attached hydrogen (secondary N) is 2. The number of aryl methyl sites for hydroxylation is 4. The molecule has 32 heavy (non-hydrogen) atoms. The van der Waals surface area contributed by atoms with Crippen molar-refractivity contribution in [3.8, 4) is 5.75 Å². The molecule has 0 aliphatic carbocycles. The van der Waals surface area contributed by atoms with Crippen molar-refractivity contribution >= 4 is 27.3 Å². The molecule has 0 aromatic heterocycles. The third-order valence-corrected chi connectivity index (χ3v) is 6.38. The van der Waals surface area contributed by atoms with Gasteiger partial charge < -0.3 is 10.1 Å². The lowest BCUT2D eigenvalue weighted by molar-refractivity contribution is -0.118. The summed E-state index contributed by atoms with van der Waals surface area (Å²) in [6, 6.07) is 17.4. The Morgan fingerprint density at radius 2 is 1.59 bits per heavy atom. The molecular formula is C25H28N2O4S. The van der Waals surface area contributed by atoms with E-state index >= 15 is 0 Å². The third-order valence-electron chi connectivity index (χ3n) is 4.98. The van der Waals surface area contributed by atoms with E-state index in [0.717, 1.165) is 34.4 Å². The van der Waals surface area contributed by atoms with Gasteiger partial charge in [-0.2, -0.15) is 0 Å². The molecule has 0 radical (unpaired) electrons. The summed E-state index contributed by atoms with van der Waals surface area (Å²) in [5.74, 6) is 0.133. The number of sulfonamides is 1. The molecule has 1 amide bonds. The Morgan fingerprint density at radius 1 is 0.938 bits per heavy atom. The lowest BCUT2D eigenvalue weighted by atomic mass is 10.1. The minimum atomic E-state index is -3.73. The molecule has 7 heteroatoms. The number of anilines is 2. The molecule has 0 aliphatic rings. The maximum absolute atomic E-state index is 12.7. The molecule has 2 N–H and O–H groups in total. The monoisotopic (exact) mass is 452 g/mol. The molecule has 0 unspecified atom stereocenters. The molecule has 0 saturated carbocycles. The van der Waals surface area contributed by atoms with Crippen LogP contribution in [0.5, 0.6) is 5.75 Å². The van der Waals surface area contributed by atoms with Crippen LogP contribution in [-0.4, -0.2) is 20.9 Å². The van der Waals surface area contributed by atoms with Crippen LogP contribution in [0.4, 0.5) is 11.4 Å². The standard InChI is InChI=1S/C25H28N2O4S/c1-5-20-8-6-7-19(4)25(20)26-24(28)16-31-22-9-11-23(12-10-22)32(29,30)27-21-14-17(2)13-18(3)15-21/h6-15,27H,5,16H2,1-4H3,(H,26,28). The average molecular weight is 453 g/mol. The fourth-order valence-electron chi connectivity index (χ4n) is 3.49. The maximum atomic E-state index is 12.7. The SMILES string of the molecule is CCc1cccc(C)c1NC(=O)COc1ccc(S(=O)(=O)Nc2cc(C)cc(C)c2)cc1. The zero-order valence-electron chi connectivity index (χ0n) is 18.7. The highest BCUT2D eigenvalue weighted by Crippen LogP contribution is 2.22. The van der Waals surface area contributed by atoms with E-state index in [2.05, 4.69) is 10.0 Å². The van der Waals surface area contributed by atoms with Gasteiger partial charge >= 0.3 is 0 Å². The van der Waals surface area contributed by atoms with Gasteiger partial charge in [0.1, 0.15) is 5.75 Å². The van der Waals surface area contributed by atoms with Crippen molar-refractivity contribution < 1.29 is 17.9 Å². The summed E-state index contributed by atoms with van der Waals surface area (Å²) in [5.41, 5.74) is 5.32. The zero-order valence-corrected chi connectivity index (χ0v) is 19.5. The summed E-state index contributed by atoms with van der Waals surface area (Å²) < 4.78 is 33.5. The molecule has 0 saturated heterocycles. The predicted octanol–water partition coefficient (Wildman–Crippen LogP) is 4.99. The Hall–Kier alpha value is -3.32. The normalized spacial score (nSPS) is 11.1. The summed E-state index contributed by atoms with van der Waals surface area (Å²) in [6.45, 7) is 7.63. The summed E-state index contributed by atoms with van der Waals surface area (Å²) >= 11 is 0. The molecule has 3 aromatic rings. The molecule has 0 bridgehead atoms. The van der Waals surface area contributed by atoms with Crippen LogP contribution in [0.15, 0.2) is 65.6 Å². The predicted molar refractivity (Wildman–Crippen MR) is 128 cm³/mol. The molecule has 168 valence electrons. The van der Waals surface area contributed by atoms with E-state index in [1.165, 1.54) is 24.3 Å². The number of benzene rings is 3. The first-order valence-corrected chi connectivity index (χ1v) is 11.9. The van der Waals surface area contributed by atoms with Gasteiger partial charge in [0, 0.05) is 11.4 Å². The van der Waals surface area contributed by atoms with Crippen molar-refractivity contribution in [2.24, 2.45) is 0 Å². The van der Waals surface area contributed by atoms with E-state index in [1.807, 2.05) is 52.0 Å². The molecular weight excluding hydrogens is 424 g/mol. The molecule has 0 atom stereocenters. The van der Waals surface area contributed by atoms with Crippen LogP contribution >= 0.6 is 0 Å². The Morgan fingerprint density at radius 3 is 2.22 bits per heavy atom. The quantitative estimate of drug-likeness (QED) is 0.504. The van der Waals surface area contributed by atoms with Crippen LogP contribution in [0.3, 0.4) is 0 Å². The second-order valence-corrected chi connectivity index (χ2v) is 9.44. The van der Waals surface area contributed by atoms with Gasteiger partial charge in [-0.15, -0.1) is 0 Å². The van der Waals surface area contributed by atoms with Crippen LogP contribution < -0.4 is 14.8 Å². The van der Waals surface area contributed by atoms with Crippen LogP contribution in [0, 0.1) is 20.8 Å². The summed E-state index contributed by atoms with van der Waals surface area (Å²) in [5, 5.41) is 2.90. The van der Waals surface area contributed by atoms with Crippen LogP contribution in [0.25, 0.3) is 0 Å². The molecule has 0 heterocycles. The first kappa shape index (κ1) is 23.3. The molecule has 3 rings (SSSR count). The largest absolute Gasteiger partial charge is 0.484 e. The van der Waals surface area contributed by atoms with Crippen molar-refractivity contribution in [2.45, 2.75) is 39.0 Å². The molecule has 3 aromatic carbocycles. The highest BCUT2D eigenvalue weighted by molar-refractivity contribution is 7.92. The number of hydrogen-bond acceptors (Lipinski definition) is 4. The Labute approximate surface area is 189 Å². The highest BCUT2D eigenvalue weighted by atomic mass is 32.2.